The molecule has 0 fully saturated rings. The molecule has 0 aliphatic carbocycles. The van der Waals surface area contributed by atoms with Crippen LogP contribution in [0.25, 0.3) is 0 Å². The van der Waals surface area contributed by atoms with Crippen LogP contribution in [0.15, 0.2) is 72.9 Å². The van der Waals surface area contributed by atoms with Crippen LogP contribution in [0.2, 0.25) is 0 Å². The lowest BCUT2D eigenvalue weighted by Crippen LogP contribution is -2.44. The van der Waals surface area contributed by atoms with Crippen molar-refractivity contribution in [1.29, 1.82) is 0 Å². The van der Waals surface area contributed by atoms with E-state index in [1.54, 1.807) is 0 Å². The van der Waals surface area contributed by atoms with Crippen molar-refractivity contribution in [3.8, 4) is 0 Å². The number of carboxylic acid groups (broad SMARTS) is 1. The number of hydrogen-bond donors (Lipinski definition) is 0. The molecular formula is C70H125NO8. The molecule has 9 heteroatoms. The largest absolute Gasteiger partial charge is 0.545 e. The zero-order chi connectivity index (χ0) is 57.6. The summed E-state index contributed by atoms with van der Waals surface area (Å²) in [6.45, 7) is 4.74. The number of rotatable bonds is 61. The highest BCUT2D eigenvalue weighted by Crippen LogP contribution is 2.17. The molecule has 2 atom stereocenters. The summed E-state index contributed by atoms with van der Waals surface area (Å²) >= 11 is 0. The Hall–Kier alpha value is -3.27. The van der Waals surface area contributed by atoms with Crippen molar-refractivity contribution in [3.05, 3.63) is 72.9 Å². The van der Waals surface area contributed by atoms with Gasteiger partial charge in [-0.1, -0.05) is 267 Å². The lowest BCUT2D eigenvalue weighted by molar-refractivity contribution is -0.870. The summed E-state index contributed by atoms with van der Waals surface area (Å²) in [5.41, 5.74) is 0. The first kappa shape index (κ1) is 75.7. The van der Waals surface area contributed by atoms with Crippen molar-refractivity contribution < 1.29 is 42.9 Å². The fourth-order valence-electron chi connectivity index (χ4n) is 9.32. The third-order valence-corrected chi connectivity index (χ3v) is 14.4. The molecule has 0 aliphatic rings. The molecule has 79 heavy (non-hydrogen) atoms. The molecule has 0 rings (SSSR count). The summed E-state index contributed by atoms with van der Waals surface area (Å²) in [5.74, 6) is -2.28. The van der Waals surface area contributed by atoms with Crippen LogP contribution in [0, 0.1) is 0 Å². The maximum atomic E-state index is 12.9. The molecule has 0 aromatic heterocycles. The van der Waals surface area contributed by atoms with Crippen LogP contribution in [-0.2, 0) is 33.3 Å². The lowest BCUT2D eigenvalue weighted by Gasteiger charge is -2.26. The quantitative estimate of drug-likeness (QED) is 0.0195. The van der Waals surface area contributed by atoms with Gasteiger partial charge in [0.25, 0.3) is 0 Å². The summed E-state index contributed by atoms with van der Waals surface area (Å²) in [6.07, 6.45) is 76.8. The van der Waals surface area contributed by atoms with Gasteiger partial charge in [-0.15, -0.1) is 0 Å². The van der Waals surface area contributed by atoms with Crippen LogP contribution < -0.4 is 5.11 Å². The number of carbonyl (C=O) groups excluding carboxylic acids is 3. The average molecular weight is 1110 g/mol. The first-order chi connectivity index (χ1) is 38.6. The first-order valence-electron chi connectivity index (χ1n) is 33.1. The predicted molar refractivity (Wildman–Crippen MR) is 334 cm³/mol. The van der Waals surface area contributed by atoms with Gasteiger partial charge in [-0.05, 0) is 89.9 Å². The highest BCUT2D eigenvalue weighted by Gasteiger charge is 2.22. The van der Waals surface area contributed by atoms with Crippen molar-refractivity contribution in [2.75, 3.05) is 47.5 Å². The Morgan fingerprint density at radius 2 is 0.684 bits per heavy atom. The molecule has 0 amide bonds. The third-order valence-electron chi connectivity index (χ3n) is 14.4. The van der Waals surface area contributed by atoms with Gasteiger partial charge in [0.1, 0.15) is 13.2 Å². The second-order valence-corrected chi connectivity index (χ2v) is 23.4. The Balaban J connectivity index is 4.16. The van der Waals surface area contributed by atoms with Crippen LogP contribution in [-0.4, -0.2) is 82.3 Å². The summed E-state index contributed by atoms with van der Waals surface area (Å²) in [4.78, 5) is 37.4. The molecule has 0 saturated carbocycles. The monoisotopic (exact) mass is 1110 g/mol. The van der Waals surface area contributed by atoms with Gasteiger partial charge in [-0.25, -0.2) is 0 Å². The number of aliphatic carboxylic acids is 1. The minimum absolute atomic E-state index is 0.145. The molecule has 0 heterocycles. The second-order valence-electron chi connectivity index (χ2n) is 23.4. The van der Waals surface area contributed by atoms with E-state index in [2.05, 4.69) is 86.8 Å². The number of carboxylic acids is 1. The van der Waals surface area contributed by atoms with E-state index < -0.39 is 24.3 Å². The number of quaternary nitrogens is 1. The van der Waals surface area contributed by atoms with Gasteiger partial charge in [0.05, 0.1) is 40.3 Å². The smallest absolute Gasteiger partial charge is 0.306 e. The Kier molecular flexibility index (Phi) is 58.3. The molecule has 0 radical (unpaired) electrons. The fourth-order valence-corrected chi connectivity index (χ4v) is 9.32. The Labute approximate surface area is 487 Å². The van der Waals surface area contributed by atoms with E-state index in [0.717, 1.165) is 70.6 Å². The van der Waals surface area contributed by atoms with Crippen molar-refractivity contribution in [1.82, 2.24) is 0 Å². The van der Waals surface area contributed by atoms with E-state index >= 15 is 0 Å². The molecule has 0 N–H and O–H groups in total. The normalized spacial score (nSPS) is 13.2. The Bertz CT molecular complexity index is 1520. The standard InChI is InChI=1S/C70H125NO8/c1-6-8-10-12-14-16-18-20-22-24-26-28-30-31-32-33-34-35-36-37-39-41-43-45-47-49-51-53-55-57-59-61-68(73)79-66(65-78-70(69(74)75)76-63-62-71(3,4)5)64-77-67(72)60-58-56-54-52-50-48-46-44-42-40-38-29-27-25-23-21-19-17-15-13-11-9-7-2/h18-21,24-27,30-31,38,40,66,70H,6-17,22-23,28-29,32-37,39,41-65H2,1-5H3/b20-18-,21-19-,26-24-,27-25-,31-30-,40-38-. The number of unbranched alkanes of at least 4 members (excludes halogenated alkanes) is 34. The Morgan fingerprint density at radius 1 is 0.380 bits per heavy atom. The zero-order valence-electron chi connectivity index (χ0n) is 52.2. The zero-order valence-corrected chi connectivity index (χ0v) is 52.2. The molecule has 0 aromatic rings. The van der Waals surface area contributed by atoms with E-state index in [9.17, 15) is 19.5 Å². The van der Waals surface area contributed by atoms with Crippen molar-refractivity contribution in [3.63, 3.8) is 0 Å². The third kappa shape index (κ3) is 62.2. The highest BCUT2D eigenvalue weighted by molar-refractivity contribution is 5.70. The van der Waals surface area contributed by atoms with E-state index in [-0.39, 0.29) is 38.6 Å². The minimum atomic E-state index is -1.63. The first-order valence-corrected chi connectivity index (χ1v) is 33.1. The van der Waals surface area contributed by atoms with Gasteiger partial charge in [-0.3, -0.25) is 9.59 Å². The molecule has 0 bridgehead atoms. The van der Waals surface area contributed by atoms with Crippen LogP contribution in [0.4, 0.5) is 0 Å². The van der Waals surface area contributed by atoms with Crippen LogP contribution in [0.3, 0.4) is 0 Å². The molecular weight excluding hydrogens is 983 g/mol. The number of nitrogens with zero attached hydrogens (tertiary/aromatic N) is 1. The van der Waals surface area contributed by atoms with Crippen molar-refractivity contribution >= 4 is 17.9 Å². The predicted octanol–water partition coefficient (Wildman–Crippen LogP) is 18.8. The topological polar surface area (TPSA) is 111 Å². The number of ether oxygens (including phenoxy) is 4. The van der Waals surface area contributed by atoms with Gasteiger partial charge in [0.15, 0.2) is 12.4 Å². The van der Waals surface area contributed by atoms with Crippen LogP contribution in [0.1, 0.15) is 296 Å². The van der Waals surface area contributed by atoms with Gasteiger partial charge in [-0.2, -0.15) is 0 Å². The molecule has 9 nitrogen and oxygen atoms in total. The molecule has 2 unspecified atom stereocenters. The summed E-state index contributed by atoms with van der Waals surface area (Å²) in [7, 11) is 5.93. The number of allylic oxidation sites excluding steroid dienone is 12. The van der Waals surface area contributed by atoms with E-state index in [1.807, 2.05) is 21.1 Å². The van der Waals surface area contributed by atoms with Crippen molar-refractivity contribution in [2.24, 2.45) is 0 Å². The maximum absolute atomic E-state index is 12.9. The SMILES string of the molecule is CCCCCCC/C=C\C/C=C\C/C=C\CCCCCCCCCCCCCCCCCCC(=O)OC(COC(=O)CCCCCCCCCC/C=C\C/C=C\C/C=C\CCCCCCC)COC(OCC[N+](C)(C)C)C(=O)[O-]. The number of esters is 2. The molecule has 0 aromatic carbocycles. The average Bonchev–Trinajstić information content (AvgIpc) is 3.42. The van der Waals surface area contributed by atoms with E-state index in [1.165, 1.54) is 193 Å². The molecule has 0 spiro atoms. The summed E-state index contributed by atoms with van der Waals surface area (Å²) in [5, 5.41) is 11.8. The van der Waals surface area contributed by atoms with Crippen LogP contribution in [0.5, 0.6) is 0 Å². The second kappa shape index (κ2) is 60.8. The number of hydrogen-bond acceptors (Lipinski definition) is 8. The van der Waals surface area contributed by atoms with Gasteiger partial charge >= 0.3 is 11.9 Å². The minimum Gasteiger partial charge on any atom is -0.545 e. The van der Waals surface area contributed by atoms with Crippen LogP contribution >= 0.6 is 0 Å². The van der Waals surface area contributed by atoms with Crippen molar-refractivity contribution in [2.45, 2.75) is 309 Å². The van der Waals surface area contributed by atoms with Gasteiger partial charge in [0, 0.05) is 12.8 Å². The van der Waals surface area contributed by atoms with Gasteiger partial charge < -0.3 is 33.3 Å². The Morgan fingerprint density at radius 3 is 1.01 bits per heavy atom. The maximum Gasteiger partial charge on any atom is 0.306 e. The number of likely N-dealkylation sites (N-methyl/N-ethyl adjacent to an activating group) is 1. The highest BCUT2D eigenvalue weighted by atomic mass is 16.7. The summed E-state index contributed by atoms with van der Waals surface area (Å²) in [6, 6.07) is 0. The van der Waals surface area contributed by atoms with E-state index in [0.29, 0.717) is 17.4 Å². The lowest BCUT2D eigenvalue weighted by atomic mass is 10.0. The van der Waals surface area contributed by atoms with E-state index in [4.69, 9.17) is 18.9 Å². The number of carbonyl (C=O) groups is 3. The molecule has 0 saturated heterocycles. The fraction of sp³-hybridized carbons (Fsp3) is 0.786. The molecule has 458 valence electrons. The summed E-state index contributed by atoms with van der Waals surface area (Å²) < 4.78 is 22.8. The molecule has 0 aliphatic heterocycles. The van der Waals surface area contributed by atoms with Gasteiger partial charge in [0.2, 0.25) is 0 Å².